The third kappa shape index (κ3) is 3.95. The molecule has 0 spiro atoms. The molecular weight excluding hydrogens is 290 g/mol. The lowest BCUT2D eigenvalue weighted by molar-refractivity contribution is -0.131. The van der Waals surface area contributed by atoms with Crippen LogP contribution in [0.4, 0.5) is 0 Å². The van der Waals surface area contributed by atoms with Crippen molar-refractivity contribution in [1.82, 2.24) is 4.98 Å². The van der Waals surface area contributed by atoms with Gasteiger partial charge in [-0.15, -0.1) is 0 Å². The first-order valence-electron chi connectivity index (χ1n) is 7.19. The van der Waals surface area contributed by atoms with Crippen molar-refractivity contribution in [1.29, 1.82) is 0 Å². The van der Waals surface area contributed by atoms with Crippen molar-refractivity contribution in [2.24, 2.45) is 0 Å². The fraction of sp³-hybridized carbons (Fsp3) is 0.0526. The Morgan fingerprint density at radius 1 is 1.04 bits per heavy atom. The van der Waals surface area contributed by atoms with Gasteiger partial charge < -0.3 is 9.84 Å². The summed E-state index contributed by atoms with van der Waals surface area (Å²) in [6.45, 7) is 0.384. The molecule has 0 saturated carbocycles. The van der Waals surface area contributed by atoms with Gasteiger partial charge in [0.15, 0.2) is 0 Å². The molecule has 0 bridgehead atoms. The second kappa shape index (κ2) is 6.75. The lowest BCUT2D eigenvalue weighted by Crippen LogP contribution is -1.98. The Morgan fingerprint density at radius 3 is 2.61 bits per heavy atom. The number of hydrogen-bond donors (Lipinski definition) is 1. The normalized spacial score (nSPS) is 11.0. The van der Waals surface area contributed by atoms with Gasteiger partial charge >= 0.3 is 5.97 Å². The maximum absolute atomic E-state index is 10.5. The summed E-state index contributed by atoms with van der Waals surface area (Å²) in [6, 6.07) is 19.2. The van der Waals surface area contributed by atoms with Crippen LogP contribution in [0, 0.1) is 0 Å². The van der Waals surface area contributed by atoms with E-state index in [-0.39, 0.29) is 0 Å². The molecular formula is C19H15NO3. The van der Waals surface area contributed by atoms with Crippen LogP contribution in [0.15, 0.2) is 66.7 Å². The van der Waals surface area contributed by atoms with Crippen molar-refractivity contribution in [3.05, 3.63) is 78.0 Å². The summed E-state index contributed by atoms with van der Waals surface area (Å²) in [5, 5.41) is 9.70. The number of pyridine rings is 1. The number of hydrogen-bond acceptors (Lipinski definition) is 3. The zero-order chi connectivity index (χ0) is 16.1. The average molecular weight is 305 g/mol. The molecule has 3 rings (SSSR count). The Kier molecular flexibility index (Phi) is 4.34. The van der Waals surface area contributed by atoms with Crippen LogP contribution in [0.25, 0.3) is 17.0 Å². The van der Waals surface area contributed by atoms with E-state index in [4.69, 9.17) is 9.84 Å². The highest BCUT2D eigenvalue weighted by molar-refractivity contribution is 5.85. The van der Waals surface area contributed by atoms with E-state index in [1.54, 1.807) is 0 Å². The van der Waals surface area contributed by atoms with Gasteiger partial charge in [-0.2, -0.15) is 0 Å². The van der Waals surface area contributed by atoms with Gasteiger partial charge in [0, 0.05) is 11.5 Å². The average Bonchev–Trinajstić information content (AvgIpc) is 2.59. The van der Waals surface area contributed by atoms with E-state index in [2.05, 4.69) is 4.98 Å². The fourth-order valence-electron chi connectivity index (χ4n) is 2.19. The minimum atomic E-state index is -0.965. The Hall–Kier alpha value is -3.14. The topological polar surface area (TPSA) is 59.4 Å². The Bertz CT molecular complexity index is 854. The predicted molar refractivity (Wildman–Crippen MR) is 89.2 cm³/mol. The lowest BCUT2D eigenvalue weighted by atomic mass is 10.2. The number of ether oxygens (including phenoxy) is 1. The minimum Gasteiger partial charge on any atom is -0.487 e. The maximum Gasteiger partial charge on any atom is 0.328 e. The van der Waals surface area contributed by atoms with Crippen LogP contribution < -0.4 is 4.74 Å². The molecule has 3 aromatic rings. The summed E-state index contributed by atoms with van der Waals surface area (Å²) < 4.78 is 5.72. The van der Waals surface area contributed by atoms with Gasteiger partial charge in [-0.3, -0.25) is 0 Å². The first-order chi connectivity index (χ1) is 11.2. The Labute approximate surface area is 133 Å². The van der Waals surface area contributed by atoms with Crippen molar-refractivity contribution in [2.75, 3.05) is 0 Å². The number of fused-ring (bicyclic) bond motifs is 1. The largest absolute Gasteiger partial charge is 0.487 e. The third-order valence-corrected chi connectivity index (χ3v) is 3.34. The van der Waals surface area contributed by atoms with Gasteiger partial charge in [0.1, 0.15) is 12.4 Å². The number of benzene rings is 2. The first-order valence-corrected chi connectivity index (χ1v) is 7.19. The number of carboxylic acids is 1. The molecule has 0 aliphatic heterocycles. The smallest absolute Gasteiger partial charge is 0.328 e. The lowest BCUT2D eigenvalue weighted by Gasteiger charge is -2.07. The molecule has 0 aliphatic carbocycles. The van der Waals surface area contributed by atoms with Gasteiger partial charge in [-0.25, -0.2) is 9.78 Å². The quantitative estimate of drug-likeness (QED) is 0.726. The number of aliphatic carboxylic acids is 1. The Balaban J connectivity index is 1.66. The number of para-hydroxylation sites is 1. The summed E-state index contributed by atoms with van der Waals surface area (Å²) >= 11 is 0. The number of aromatic nitrogens is 1. The van der Waals surface area contributed by atoms with E-state index >= 15 is 0 Å². The van der Waals surface area contributed by atoms with Crippen LogP contribution in [-0.2, 0) is 11.4 Å². The molecule has 0 unspecified atom stereocenters. The zero-order valence-electron chi connectivity index (χ0n) is 12.3. The highest BCUT2D eigenvalue weighted by atomic mass is 16.5. The standard InChI is InChI=1S/C19H15NO3/c21-19(22)12-7-14-5-10-17(11-6-14)23-13-16-9-8-15-3-1-2-4-18(15)20-16/h1-12H,13H2,(H,21,22). The van der Waals surface area contributed by atoms with Crippen LogP contribution in [0.5, 0.6) is 5.75 Å². The van der Waals surface area contributed by atoms with Crippen LogP contribution >= 0.6 is 0 Å². The van der Waals surface area contributed by atoms with Gasteiger partial charge in [0.05, 0.1) is 11.2 Å². The molecule has 0 fully saturated rings. The first kappa shape index (κ1) is 14.8. The van der Waals surface area contributed by atoms with E-state index in [0.717, 1.165) is 28.2 Å². The van der Waals surface area contributed by atoms with Crippen LogP contribution in [0.3, 0.4) is 0 Å². The minimum absolute atomic E-state index is 0.384. The van der Waals surface area contributed by atoms with E-state index in [0.29, 0.717) is 12.4 Å². The molecule has 0 saturated heterocycles. The molecule has 0 amide bonds. The number of nitrogens with zero attached hydrogens (tertiary/aromatic N) is 1. The van der Waals surface area contributed by atoms with Crippen molar-refractivity contribution >= 4 is 22.9 Å². The summed E-state index contributed by atoms with van der Waals surface area (Å²) in [7, 11) is 0. The summed E-state index contributed by atoms with van der Waals surface area (Å²) in [4.78, 5) is 15.0. The van der Waals surface area contributed by atoms with Crippen molar-refractivity contribution in [3.63, 3.8) is 0 Å². The fourth-order valence-corrected chi connectivity index (χ4v) is 2.19. The summed E-state index contributed by atoms with van der Waals surface area (Å²) in [6.07, 6.45) is 2.64. The molecule has 1 N–H and O–H groups in total. The molecule has 1 aromatic heterocycles. The molecule has 114 valence electrons. The third-order valence-electron chi connectivity index (χ3n) is 3.34. The van der Waals surface area contributed by atoms with Crippen molar-refractivity contribution in [2.45, 2.75) is 6.61 Å². The van der Waals surface area contributed by atoms with Crippen LogP contribution in [-0.4, -0.2) is 16.1 Å². The number of rotatable bonds is 5. The predicted octanol–water partition coefficient (Wildman–Crippen LogP) is 3.91. The highest BCUT2D eigenvalue weighted by Gasteiger charge is 2.00. The molecule has 23 heavy (non-hydrogen) atoms. The monoisotopic (exact) mass is 305 g/mol. The Morgan fingerprint density at radius 2 is 1.83 bits per heavy atom. The summed E-state index contributed by atoms with van der Waals surface area (Å²) in [5.74, 6) is -0.250. The number of carboxylic acid groups (broad SMARTS) is 1. The van der Waals surface area contributed by atoms with Crippen LogP contribution in [0.2, 0.25) is 0 Å². The van der Waals surface area contributed by atoms with Gasteiger partial charge in [0.2, 0.25) is 0 Å². The molecule has 0 radical (unpaired) electrons. The van der Waals surface area contributed by atoms with E-state index in [1.165, 1.54) is 6.08 Å². The van der Waals surface area contributed by atoms with Gasteiger partial charge in [0.25, 0.3) is 0 Å². The molecule has 4 heteroatoms. The maximum atomic E-state index is 10.5. The van der Waals surface area contributed by atoms with Crippen molar-refractivity contribution in [3.8, 4) is 5.75 Å². The van der Waals surface area contributed by atoms with Gasteiger partial charge in [-0.1, -0.05) is 36.4 Å². The van der Waals surface area contributed by atoms with E-state index in [9.17, 15) is 4.79 Å². The number of carbonyl (C=O) groups is 1. The highest BCUT2D eigenvalue weighted by Crippen LogP contribution is 2.16. The SMILES string of the molecule is O=C(O)C=Cc1ccc(OCc2ccc3ccccc3n2)cc1. The van der Waals surface area contributed by atoms with Crippen molar-refractivity contribution < 1.29 is 14.6 Å². The molecule has 4 nitrogen and oxygen atoms in total. The second-order valence-corrected chi connectivity index (χ2v) is 5.02. The van der Waals surface area contributed by atoms with Crippen LogP contribution in [0.1, 0.15) is 11.3 Å². The molecule has 2 aromatic carbocycles. The van der Waals surface area contributed by atoms with E-state index in [1.807, 2.05) is 60.7 Å². The molecule has 0 aliphatic rings. The zero-order valence-corrected chi connectivity index (χ0v) is 12.3. The molecule has 0 atom stereocenters. The molecule has 1 heterocycles. The van der Waals surface area contributed by atoms with E-state index < -0.39 is 5.97 Å². The van der Waals surface area contributed by atoms with Gasteiger partial charge in [-0.05, 0) is 35.9 Å². The summed E-state index contributed by atoms with van der Waals surface area (Å²) in [5.41, 5.74) is 2.62. The second-order valence-electron chi connectivity index (χ2n) is 5.02.